The van der Waals surface area contributed by atoms with Crippen LogP contribution in [0, 0.1) is 11.6 Å². The molecule has 0 fully saturated rings. The summed E-state index contributed by atoms with van der Waals surface area (Å²) in [6.45, 7) is 0. The van der Waals surface area contributed by atoms with Crippen LogP contribution in [0.1, 0.15) is 11.1 Å². The van der Waals surface area contributed by atoms with Crippen LogP contribution in [0.2, 0.25) is 5.02 Å². The molecule has 5 heteroatoms. The Bertz CT molecular complexity index is 573. The summed E-state index contributed by atoms with van der Waals surface area (Å²) in [7, 11) is 0. The number of hydrazine groups is 1. The second-order valence-corrected chi connectivity index (χ2v) is 5.05. The smallest absolute Gasteiger partial charge is 0.141 e. The lowest BCUT2D eigenvalue weighted by atomic mass is 9.99. The van der Waals surface area contributed by atoms with Gasteiger partial charge in [0.15, 0.2) is 0 Å². The first-order valence-corrected chi connectivity index (χ1v) is 6.61. The molecule has 0 heterocycles. The van der Waals surface area contributed by atoms with Gasteiger partial charge in [-0.2, -0.15) is 0 Å². The number of hydrogen-bond acceptors (Lipinski definition) is 2. The van der Waals surface area contributed by atoms with Crippen molar-refractivity contribution in [2.24, 2.45) is 5.84 Å². The van der Waals surface area contributed by atoms with E-state index in [4.69, 9.17) is 17.4 Å². The summed E-state index contributed by atoms with van der Waals surface area (Å²) in [5.74, 6) is 4.83. The minimum Gasteiger partial charge on any atom is -0.271 e. The van der Waals surface area contributed by atoms with Gasteiger partial charge in [0.05, 0.1) is 5.02 Å². The Morgan fingerprint density at radius 3 is 2.20 bits per heavy atom. The van der Waals surface area contributed by atoms with Crippen molar-refractivity contribution >= 4 is 11.6 Å². The maximum absolute atomic E-state index is 13.1. The maximum atomic E-state index is 13.1. The summed E-state index contributed by atoms with van der Waals surface area (Å²) in [4.78, 5) is 0. The molecule has 0 aliphatic carbocycles. The summed E-state index contributed by atoms with van der Waals surface area (Å²) in [5.41, 5.74) is 4.58. The third-order valence-electron chi connectivity index (χ3n) is 3.10. The molecule has 0 amide bonds. The number of halogens is 3. The van der Waals surface area contributed by atoms with Gasteiger partial charge in [0.1, 0.15) is 11.6 Å². The summed E-state index contributed by atoms with van der Waals surface area (Å²) in [5, 5.41) is 0.0973. The highest BCUT2D eigenvalue weighted by atomic mass is 35.5. The molecule has 106 valence electrons. The molecule has 2 rings (SSSR count). The zero-order chi connectivity index (χ0) is 14.5. The zero-order valence-corrected chi connectivity index (χ0v) is 11.5. The lowest BCUT2D eigenvalue weighted by molar-refractivity contribution is 0.521. The second-order valence-electron chi connectivity index (χ2n) is 4.65. The predicted molar refractivity (Wildman–Crippen MR) is 76.3 cm³/mol. The molecule has 0 saturated heterocycles. The van der Waals surface area contributed by atoms with E-state index < -0.39 is 5.82 Å². The molecule has 0 aliphatic heterocycles. The normalized spacial score (nSPS) is 12.4. The van der Waals surface area contributed by atoms with Crippen LogP contribution in [-0.2, 0) is 12.8 Å². The average Bonchev–Trinajstić information content (AvgIpc) is 2.44. The first-order valence-electron chi connectivity index (χ1n) is 6.23. The fraction of sp³-hybridized carbons (Fsp3) is 0.200. The number of rotatable bonds is 5. The third kappa shape index (κ3) is 4.00. The van der Waals surface area contributed by atoms with Gasteiger partial charge in [0.25, 0.3) is 0 Å². The molecule has 20 heavy (non-hydrogen) atoms. The molecule has 0 spiro atoms. The average molecular weight is 297 g/mol. The highest BCUT2D eigenvalue weighted by Crippen LogP contribution is 2.18. The van der Waals surface area contributed by atoms with Crippen LogP contribution < -0.4 is 11.3 Å². The van der Waals surface area contributed by atoms with Crippen molar-refractivity contribution in [2.75, 3.05) is 0 Å². The molecular formula is C15H15ClF2N2. The third-order valence-corrected chi connectivity index (χ3v) is 3.39. The molecule has 0 saturated carbocycles. The van der Waals surface area contributed by atoms with Crippen LogP contribution in [-0.4, -0.2) is 6.04 Å². The molecule has 2 aromatic rings. The Morgan fingerprint density at radius 2 is 1.60 bits per heavy atom. The topological polar surface area (TPSA) is 38.0 Å². The minimum absolute atomic E-state index is 0.0398. The first kappa shape index (κ1) is 14.9. The van der Waals surface area contributed by atoms with E-state index in [0.29, 0.717) is 12.8 Å². The number of nitrogens with one attached hydrogen (secondary N) is 1. The van der Waals surface area contributed by atoms with Gasteiger partial charge in [-0.25, -0.2) is 8.78 Å². The second kappa shape index (κ2) is 6.79. The standard InChI is InChI=1S/C15H15ClF2N2/c16-14-9-11(3-6-15(14)18)8-13(20-19)7-10-1-4-12(17)5-2-10/h1-6,9,13,20H,7-8,19H2. The molecule has 0 aromatic heterocycles. The van der Waals surface area contributed by atoms with Gasteiger partial charge in [0.2, 0.25) is 0 Å². The van der Waals surface area contributed by atoms with Crippen molar-refractivity contribution in [2.45, 2.75) is 18.9 Å². The van der Waals surface area contributed by atoms with Gasteiger partial charge in [0, 0.05) is 6.04 Å². The van der Waals surface area contributed by atoms with Gasteiger partial charge in [-0.3, -0.25) is 11.3 Å². The molecule has 1 unspecified atom stereocenters. The molecule has 0 bridgehead atoms. The van der Waals surface area contributed by atoms with E-state index in [-0.39, 0.29) is 16.9 Å². The number of nitrogens with two attached hydrogens (primary N) is 1. The Balaban J connectivity index is 2.04. The molecule has 2 nitrogen and oxygen atoms in total. The summed E-state index contributed by atoms with van der Waals surface area (Å²) < 4.78 is 25.9. The lowest BCUT2D eigenvalue weighted by Crippen LogP contribution is -2.38. The SMILES string of the molecule is NNC(Cc1ccc(F)cc1)Cc1ccc(F)c(Cl)c1. The van der Waals surface area contributed by atoms with Crippen LogP contribution in [0.3, 0.4) is 0 Å². The van der Waals surface area contributed by atoms with Gasteiger partial charge >= 0.3 is 0 Å². The van der Waals surface area contributed by atoms with Gasteiger partial charge in [-0.1, -0.05) is 29.8 Å². The fourth-order valence-electron chi connectivity index (χ4n) is 2.05. The van der Waals surface area contributed by atoms with E-state index in [2.05, 4.69) is 5.43 Å². The van der Waals surface area contributed by atoms with E-state index in [1.54, 1.807) is 24.3 Å². The molecule has 2 aromatic carbocycles. The van der Waals surface area contributed by atoms with Crippen LogP contribution in [0.5, 0.6) is 0 Å². The van der Waals surface area contributed by atoms with Crippen molar-refractivity contribution in [1.29, 1.82) is 0 Å². The van der Waals surface area contributed by atoms with Crippen molar-refractivity contribution in [3.8, 4) is 0 Å². The van der Waals surface area contributed by atoms with Crippen molar-refractivity contribution in [3.05, 3.63) is 70.2 Å². The number of benzene rings is 2. The van der Waals surface area contributed by atoms with Crippen molar-refractivity contribution in [3.63, 3.8) is 0 Å². The van der Waals surface area contributed by atoms with Gasteiger partial charge in [-0.05, 0) is 48.2 Å². The van der Waals surface area contributed by atoms with Crippen molar-refractivity contribution < 1.29 is 8.78 Å². The zero-order valence-electron chi connectivity index (χ0n) is 10.7. The van der Waals surface area contributed by atoms with E-state index >= 15 is 0 Å². The maximum Gasteiger partial charge on any atom is 0.141 e. The highest BCUT2D eigenvalue weighted by molar-refractivity contribution is 6.30. The largest absolute Gasteiger partial charge is 0.271 e. The molecular weight excluding hydrogens is 282 g/mol. The van der Waals surface area contributed by atoms with Crippen molar-refractivity contribution in [1.82, 2.24) is 5.43 Å². The first-order chi connectivity index (χ1) is 9.58. The van der Waals surface area contributed by atoms with E-state index in [1.165, 1.54) is 18.2 Å². The van der Waals surface area contributed by atoms with E-state index in [0.717, 1.165) is 11.1 Å². The quantitative estimate of drug-likeness (QED) is 0.657. The van der Waals surface area contributed by atoms with Gasteiger partial charge < -0.3 is 0 Å². The monoisotopic (exact) mass is 296 g/mol. The summed E-state index contributed by atoms with van der Waals surface area (Å²) in [6, 6.07) is 10.8. The van der Waals surface area contributed by atoms with Crippen LogP contribution in [0.4, 0.5) is 8.78 Å². The molecule has 1 atom stereocenters. The van der Waals surface area contributed by atoms with E-state index in [1.807, 2.05) is 0 Å². The van der Waals surface area contributed by atoms with Gasteiger partial charge in [-0.15, -0.1) is 0 Å². The predicted octanol–water partition coefficient (Wildman–Crippen LogP) is 3.24. The lowest BCUT2D eigenvalue weighted by Gasteiger charge is -2.16. The van der Waals surface area contributed by atoms with Crippen LogP contribution in [0.15, 0.2) is 42.5 Å². The van der Waals surface area contributed by atoms with Crippen LogP contribution >= 0.6 is 11.6 Å². The molecule has 0 aliphatic rings. The number of hydrogen-bond donors (Lipinski definition) is 2. The van der Waals surface area contributed by atoms with E-state index in [9.17, 15) is 8.78 Å². The highest BCUT2D eigenvalue weighted by Gasteiger charge is 2.10. The van der Waals surface area contributed by atoms with Crippen LogP contribution in [0.25, 0.3) is 0 Å². The summed E-state index contributed by atoms with van der Waals surface area (Å²) >= 11 is 5.75. The summed E-state index contributed by atoms with van der Waals surface area (Å²) in [6.07, 6.45) is 1.25. The Hall–Kier alpha value is -1.49. The molecule has 0 radical (unpaired) electrons. The minimum atomic E-state index is -0.439. The Labute approximate surface area is 121 Å². The fourth-order valence-corrected chi connectivity index (χ4v) is 2.25. The Kier molecular flexibility index (Phi) is 5.06. The molecule has 3 N–H and O–H groups in total. The Morgan fingerprint density at radius 1 is 1.00 bits per heavy atom.